The lowest BCUT2D eigenvalue weighted by Gasteiger charge is -2.10. The number of methoxy groups -OCH3 is 1. The quantitative estimate of drug-likeness (QED) is 0.674. The predicted octanol–water partition coefficient (Wildman–Crippen LogP) is 1.97. The van der Waals surface area contributed by atoms with Crippen LogP contribution in [0.15, 0.2) is 24.5 Å². The lowest BCUT2D eigenvalue weighted by Crippen LogP contribution is -2.03. The van der Waals surface area contributed by atoms with Crippen molar-refractivity contribution >= 4 is 11.5 Å². The highest BCUT2D eigenvalue weighted by Gasteiger charge is 2.25. The number of rotatable bonds is 4. The maximum atomic E-state index is 11.3. The standard InChI is InChI=1S/C13H11N5O3/c1-15-13-12(18(19)20)11(16-7-17-13)9-5-8(6-14)3-4-10(9)21-2/h3-5,7H,1-2H3,(H,15,16,17). The molecule has 1 aromatic heterocycles. The predicted molar refractivity (Wildman–Crippen MR) is 74.9 cm³/mol. The number of benzene rings is 1. The Morgan fingerprint density at radius 1 is 1.43 bits per heavy atom. The Kier molecular flexibility index (Phi) is 3.95. The van der Waals surface area contributed by atoms with Crippen LogP contribution in [-0.2, 0) is 0 Å². The van der Waals surface area contributed by atoms with E-state index in [0.29, 0.717) is 16.9 Å². The molecule has 106 valence electrons. The summed E-state index contributed by atoms with van der Waals surface area (Å²) in [5, 5.41) is 22.9. The summed E-state index contributed by atoms with van der Waals surface area (Å²) in [5.41, 5.74) is 0.536. The van der Waals surface area contributed by atoms with E-state index in [1.165, 1.54) is 26.6 Å². The highest BCUT2D eigenvalue weighted by atomic mass is 16.6. The van der Waals surface area contributed by atoms with Crippen LogP contribution in [0.4, 0.5) is 11.5 Å². The van der Waals surface area contributed by atoms with Crippen LogP contribution in [0.3, 0.4) is 0 Å². The van der Waals surface area contributed by atoms with Gasteiger partial charge in [-0.05, 0) is 18.2 Å². The number of hydrogen-bond acceptors (Lipinski definition) is 7. The second kappa shape index (κ2) is 5.83. The van der Waals surface area contributed by atoms with Crippen molar-refractivity contribution < 1.29 is 9.66 Å². The molecule has 2 aromatic rings. The van der Waals surface area contributed by atoms with Crippen molar-refractivity contribution in [2.45, 2.75) is 0 Å². The zero-order valence-corrected chi connectivity index (χ0v) is 11.3. The van der Waals surface area contributed by atoms with E-state index in [0.717, 1.165) is 0 Å². The lowest BCUT2D eigenvalue weighted by atomic mass is 10.1. The maximum absolute atomic E-state index is 11.3. The number of hydrogen-bond donors (Lipinski definition) is 1. The first-order chi connectivity index (χ1) is 10.1. The Hall–Kier alpha value is -3.21. The van der Waals surface area contributed by atoms with Gasteiger partial charge in [0.05, 0.1) is 29.2 Å². The first-order valence-corrected chi connectivity index (χ1v) is 5.88. The van der Waals surface area contributed by atoms with Gasteiger partial charge in [-0.3, -0.25) is 10.1 Å². The molecule has 0 unspecified atom stereocenters. The Labute approximate surface area is 120 Å². The molecule has 0 radical (unpaired) electrons. The molecule has 0 spiro atoms. The third-order valence-electron chi connectivity index (χ3n) is 2.83. The fraction of sp³-hybridized carbons (Fsp3) is 0.154. The van der Waals surface area contributed by atoms with Crippen LogP contribution in [-0.4, -0.2) is 29.0 Å². The van der Waals surface area contributed by atoms with Gasteiger partial charge in [-0.1, -0.05) is 0 Å². The summed E-state index contributed by atoms with van der Waals surface area (Å²) in [4.78, 5) is 18.6. The van der Waals surface area contributed by atoms with Crippen LogP contribution in [0, 0.1) is 21.4 Å². The zero-order chi connectivity index (χ0) is 15.4. The van der Waals surface area contributed by atoms with Gasteiger partial charge >= 0.3 is 5.69 Å². The molecule has 1 aromatic carbocycles. The van der Waals surface area contributed by atoms with E-state index in [1.807, 2.05) is 6.07 Å². The Morgan fingerprint density at radius 3 is 2.76 bits per heavy atom. The van der Waals surface area contributed by atoms with E-state index in [1.54, 1.807) is 12.1 Å². The molecule has 0 aliphatic rings. The summed E-state index contributed by atoms with van der Waals surface area (Å²) in [6.07, 6.45) is 1.21. The van der Waals surface area contributed by atoms with Gasteiger partial charge < -0.3 is 10.1 Å². The molecular weight excluding hydrogens is 274 g/mol. The first kappa shape index (κ1) is 14.2. The minimum atomic E-state index is -0.570. The Balaban J connectivity index is 2.78. The number of nitro groups is 1. The molecule has 0 saturated carbocycles. The van der Waals surface area contributed by atoms with Crippen molar-refractivity contribution in [2.24, 2.45) is 0 Å². The Bertz CT molecular complexity index is 739. The van der Waals surface area contributed by atoms with Gasteiger partial charge in [-0.15, -0.1) is 0 Å². The third-order valence-corrected chi connectivity index (χ3v) is 2.83. The van der Waals surface area contributed by atoms with Crippen LogP contribution in [0.1, 0.15) is 5.56 Å². The van der Waals surface area contributed by atoms with Crippen molar-refractivity contribution in [1.82, 2.24) is 9.97 Å². The summed E-state index contributed by atoms with van der Waals surface area (Å²) >= 11 is 0. The summed E-state index contributed by atoms with van der Waals surface area (Å²) in [6, 6.07) is 6.61. The van der Waals surface area contributed by atoms with E-state index in [4.69, 9.17) is 10.00 Å². The number of ether oxygens (including phenoxy) is 1. The second-order valence-corrected chi connectivity index (χ2v) is 3.95. The number of aromatic nitrogens is 2. The number of nitrogens with one attached hydrogen (secondary N) is 1. The van der Waals surface area contributed by atoms with Gasteiger partial charge in [0, 0.05) is 7.05 Å². The van der Waals surface area contributed by atoms with E-state index in [9.17, 15) is 10.1 Å². The highest BCUT2D eigenvalue weighted by Crippen LogP contribution is 2.37. The largest absolute Gasteiger partial charge is 0.496 e. The van der Waals surface area contributed by atoms with Gasteiger partial charge in [-0.25, -0.2) is 9.97 Å². The minimum absolute atomic E-state index is 0.0910. The lowest BCUT2D eigenvalue weighted by molar-refractivity contribution is -0.383. The average molecular weight is 285 g/mol. The average Bonchev–Trinajstić information content (AvgIpc) is 2.53. The molecule has 0 aliphatic carbocycles. The van der Waals surface area contributed by atoms with Crippen molar-refractivity contribution in [3.63, 3.8) is 0 Å². The first-order valence-electron chi connectivity index (χ1n) is 5.88. The fourth-order valence-corrected chi connectivity index (χ4v) is 1.89. The van der Waals surface area contributed by atoms with Crippen LogP contribution in [0.5, 0.6) is 5.75 Å². The van der Waals surface area contributed by atoms with Gasteiger partial charge in [0.2, 0.25) is 5.82 Å². The molecular formula is C13H11N5O3. The summed E-state index contributed by atoms with van der Waals surface area (Å²) in [5.74, 6) is 0.479. The van der Waals surface area contributed by atoms with Crippen LogP contribution in [0.25, 0.3) is 11.3 Å². The molecule has 0 amide bonds. The SMILES string of the molecule is CNc1ncnc(-c2cc(C#N)ccc2OC)c1[N+](=O)[O-]. The van der Waals surface area contributed by atoms with E-state index in [2.05, 4.69) is 15.3 Å². The fourth-order valence-electron chi connectivity index (χ4n) is 1.89. The molecule has 1 heterocycles. The van der Waals surface area contributed by atoms with Gasteiger partial charge in [0.15, 0.2) is 5.69 Å². The highest BCUT2D eigenvalue weighted by molar-refractivity contribution is 5.80. The smallest absolute Gasteiger partial charge is 0.337 e. The summed E-state index contributed by atoms with van der Waals surface area (Å²) in [6.45, 7) is 0. The Morgan fingerprint density at radius 2 is 2.19 bits per heavy atom. The third kappa shape index (κ3) is 2.57. The summed E-state index contributed by atoms with van der Waals surface area (Å²) in [7, 11) is 2.97. The van der Waals surface area contributed by atoms with Gasteiger partial charge in [0.25, 0.3) is 0 Å². The van der Waals surface area contributed by atoms with Crippen LogP contribution in [0.2, 0.25) is 0 Å². The van der Waals surface area contributed by atoms with Crippen molar-refractivity contribution in [1.29, 1.82) is 5.26 Å². The van der Waals surface area contributed by atoms with Gasteiger partial charge in [0.1, 0.15) is 12.1 Å². The molecule has 1 N–H and O–H groups in total. The van der Waals surface area contributed by atoms with Crippen LogP contribution < -0.4 is 10.1 Å². The second-order valence-electron chi connectivity index (χ2n) is 3.95. The van der Waals surface area contributed by atoms with Crippen molar-refractivity contribution in [3.8, 4) is 23.1 Å². The van der Waals surface area contributed by atoms with E-state index in [-0.39, 0.29) is 17.2 Å². The van der Waals surface area contributed by atoms with Crippen molar-refractivity contribution in [3.05, 3.63) is 40.2 Å². The van der Waals surface area contributed by atoms with E-state index < -0.39 is 4.92 Å². The number of anilines is 1. The number of nitriles is 1. The topological polar surface area (TPSA) is 114 Å². The maximum Gasteiger partial charge on any atom is 0.337 e. The van der Waals surface area contributed by atoms with Crippen LogP contribution >= 0.6 is 0 Å². The molecule has 2 rings (SSSR count). The van der Waals surface area contributed by atoms with Crippen molar-refractivity contribution in [2.75, 3.05) is 19.5 Å². The molecule has 8 heteroatoms. The molecule has 0 aliphatic heterocycles. The molecule has 0 bridgehead atoms. The molecule has 0 fully saturated rings. The normalized spacial score (nSPS) is 9.76. The summed E-state index contributed by atoms with van der Waals surface area (Å²) < 4.78 is 5.19. The van der Waals surface area contributed by atoms with Gasteiger partial charge in [-0.2, -0.15) is 5.26 Å². The molecule has 0 atom stereocenters. The number of nitrogens with zero attached hydrogens (tertiary/aromatic N) is 4. The zero-order valence-electron chi connectivity index (χ0n) is 11.3. The minimum Gasteiger partial charge on any atom is -0.496 e. The molecule has 8 nitrogen and oxygen atoms in total. The molecule has 21 heavy (non-hydrogen) atoms. The molecule has 0 saturated heterocycles. The van der Waals surface area contributed by atoms with E-state index >= 15 is 0 Å². The monoisotopic (exact) mass is 285 g/mol.